The fourth-order valence-corrected chi connectivity index (χ4v) is 14.5. The van der Waals surface area contributed by atoms with Gasteiger partial charge in [0.25, 0.3) is 0 Å². The molecule has 3 atom stereocenters. The van der Waals surface area contributed by atoms with Crippen LogP contribution in [0.25, 0.3) is 0 Å². The van der Waals surface area contributed by atoms with Crippen molar-refractivity contribution in [3.8, 4) is 28.7 Å². The molecule has 0 bridgehead atoms. The number of phenols is 1. The maximum absolute atomic E-state index is 12.9. The second-order valence-corrected chi connectivity index (χ2v) is 30.9. The average Bonchev–Trinajstić information content (AvgIpc) is 1.67. The molecule has 9 aromatic rings. The van der Waals surface area contributed by atoms with Gasteiger partial charge in [-0.3, -0.25) is 14.4 Å². The van der Waals surface area contributed by atoms with E-state index in [4.69, 9.17) is 24.1 Å². The van der Waals surface area contributed by atoms with Gasteiger partial charge in [0.2, 0.25) is 11.8 Å². The first kappa shape index (κ1) is 99.6. The number of hydrogen-bond acceptors (Lipinski definition) is 14. The fourth-order valence-electron chi connectivity index (χ4n) is 14.5. The van der Waals surface area contributed by atoms with E-state index in [1.807, 2.05) is 210 Å². The van der Waals surface area contributed by atoms with E-state index in [-0.39, 0.29) is 80.9 Å². The number of hydrogen-bond donors (Lipinski definition) is 6. The summed E-state index contributed by atoms with van der Waals surface area (Å²) in [4.78, 5) is 42.5. The number of aliphatic hydroxyl groups is 3. The molecule has 0 heterocycles. The van der Waals surface area contributed by atoms with Crippen molar-refractivity contribution in [1.29, 1.82) is 0 Å². The molecule has 0 saturated heterocycles. The second-order valence-electron chi connectivity index (χ2n) is 30.9. The number of likely N-dealkylation sites (N-methyl/N-ethyl adjacent to an activating group) is 4. The zero-order chi connectivity index (χ0) is 81.4. The molecule has 6 N–H and O–H groups in total. The van der Waals surface area contributed by atoms with Crippen LogP contribution >= 0.6 is 0 Å². The quantitative estimate of drug-likeness (QED) is 0.0264. The van der Waals surface area contributed by atoms with Gasteiger partial charge < -0.3 is 70.8 Å². The van der Waals surface area contributed by atoms with E-state index in [1.165, 1.54) is 24.0 Å². The molecule has 0 aliphatic heterocycles. The summed E-state index contributed by atoms with van der Waals surface area (Å²) in [5, 5.41) is 54.4. The standard InChI is InChI=1S/C23H29NO3.C23H31NO2.C17H19NO2.C16H25NO2.C15H14O3.C2H7N.CH4.Al.Li.4H/c1-24(2)22(25)21(23(26)15-7-4-8-16-23)19-11-13-20(14-12-19)27-17-18-9-5-3-6-10-18;1-24(2)17-22(23(25)15-7-4-8-16-23)20-11-13-21(14-12-20)26-18-19-9-5-3-6-10-19;1-18(2)17(19)12-14-8-10-16(11-9-14)20-13-15-6-4-3-5-7-15;1-17(2)12-15(13-6-8-14(18)9-7-13)16(19)10-4-3-5-11-16;16-15(17)10-12-6-8-14(9-7-12)18-11-13-4-2-1-3-5-13;1-3-2;;;;;;;/h3,5-6,9-14,21,26H,4,7-8,15-17H2,1-2H3;3,5-6,9-14,22,25H,4,7-8,15-18H2,1-2H3;3-11H,12-13H2,1-2H3;6-9,15,18-19H,3-5,10-12H2,1-2H3;1-9H,10-11H2,(H,16,17);3H,1-2H3;1H4;;;;;;/q;;;;;;;;+1;;;;-1. The van der Waals surface area contributed by atoms with Crippen molar-refractivity contribution < 1.29 is 79.2 Å². The predicted octanol–water partition coefficient (Wildman–Crippen LogP) is 13.7. The van der Waals surface area contributed by atoms with Gasteiger partial charge in [0, 0.05) is 53.1 Å². The van der Waals surface area contributed by atoms with Crippen molar-refractivity contribution in [2.75, 3.05) is 83.6 Å². The Kier molecular flexibility index (Phi) is 45.4. The van der Waals surface area contributed by atoms with E-state index in [0.29, 0.717) is 45.7 Å². The van der Waals surface area contributed by atoms with E-state index in [2.05, 4.69) is 53.5 Å². The van der Waals surface area contributed by atoms with E-state index in [0.717, 1.165) is 146 Å². The van der Waals surface area contributed by atoms with Crippen LogP contribution in [0.5, 0.6) is 28.7 Å². The van der Waals surface area contributed by atoms with Crippen LogP contribution in [0.15, 0.2) is 243 Å². The van der Waals surface area contributed by atoms with Crippen molar-refractivity contribution in [2.24, 2.45) is 0 Å². The Morgan fingerprint density at radius 1 is 0.379 bits per heavy atom. The summed E-state index contributed by atoms with van der Waals surface area (Å²) in [5.74, 6) is 2.42. The van der Waals surface area contributed by atoms with Crippen LogP contribution in [-0.4, -0.2) is 181 Å². The van der Waals surface area contributed by atoms with Crippen LogP contribution in [0, 0.1) is 0 Å². The van der Waals surface area contributed by atoms with Gasteiger partial charge in [-0.2, -0.15) is 0 Å². The molecule has 0 radical (unpaired) electrons. The molecule has 3 aliphatic carbocycles. The maximum Gasteiger partial charge on any atom is 1.00 e. The Morgan fingerprint density at radius 2 is 0.647 bits per heavy atom. The molecule has 9 aromatic carbocycles. The van der Waals surface area contributed by atoms with Gasteiger partial charge in [-0.1, -0.05) is 247 Å². The number of carbonyl (C=O) groups is 3. The van der Waals surface area contributed by atoms with Gasteiger partial charge >= 0.3 is 24.8 Å². The molecule has 3 unspecified atom stereocenters. The number of ether oxygens (including phenoxy) is 4. The normalized spacial score (nSPS) is 14.8. The minimum absolute atomic E-state index is 0. The Bertz CT molecular complexity index is 4120. The molecule has 2 amide bonds. The third-order valence-corrected chi connectivity index (χ3v) is 20.6. The first-order valence-corrected chi connectivity index (χ1v) is 39.9. The molecule has 3 fully saturated rings. The largest absolute Gasteiger partial charge is 1.00 e. The molecular formula is C97H133AlLiN5O12. The van der Waals surface area contributed by atoms with Gasteiger partial charge in [-0.05, 0) is 192 Å². The summed E-state index contributed by atoms with van der Waals surface area (Å²) in [6.07, 6.45) is 15.4. The summed E-state index contributed by atoms with van der Waals surface area (Å²) >= 11 is 0. The van der Waals surface area contributed by atoms with E-state index in [1.54, 1.807) is 74.4 Å². The third kappa shape index (κ3) is 34.8. The number of amides is 2. The summed E-state index contributed by atoms with van der Waals surface area (Å²) in [6.45, 7) is 3.84. The molecule has 17 nitrogen and oxygen atoms in total. The van der Waals surface area contributed by atoms with Gasteiger partial charge in [0.05, 0.1) is 35.6 Å². The molecule has 19 heteroatoms. The number of carboxylic acids is 1. The number of rotatable bonds is 27. The van der Waals surface area contributed by atoms with E-state index in [9.17, 15) is 34.8 Å². The number of phenolic OH excluding ortho intramolecular Hbond substituents is 1. The van der Waals surface area contributed by atoms with Gasteiger partial charge in [0.1, 0.15) is 55.2 Å². The molecular weight excluding hydrogens is 1460 g/mol. The Balaban J connectivity index is 0.000000375. The van der Waals surface area contributed by atoms with Crippen molar-refractivity contribution in [3.63, 3.8) is 0 Å². The fraction of sp³-hybridized carbons (Fsp3) is 0.412. The summed E-state index contributed by atoms with van der Waals surface area (Å²) in [6, 6.07) is 78.2. The average molecular weight is 1600 g/mol. The number of nitrogens with zero attached hydrogens (tertiary/aromatic N) is 4. The number of benzene rings is 9. The van der Waals surface area contributed by atoms with Crippen molar-refractivity contribution in [1.82, 2.24) is 24.9 Å². The minimum Gasteiger partial charge on any atom is -1.00 e. The van der Waals surface area contributed by atoms with Crippen molar-refractivity contribution >= 4 is 35.1 Å². The van der Waals surface area contributed by atoms with Crippen LogP contribution in [0.4, 0.5) is 0 Å². The van der Waals surface area contributed by atoms with Crippen molar-refractivity contribution in [3.05, 3.63) is 293 Å². The molecule has 0 aromatic heterocycles. The van der Waals surface area contributed by atoms with Crippen LogP contribution in [-0.2, 0) is 53.7 Å². The zero-order valence-electron chi connectivity index (χ0n) is 70.5. The van der Waals surface area contributed by atoms with Crippen LogP contribution < -0.4 is 43.1 Å². The Morgan fingerprint density at radius 3 is 0.922 bits per heavy atom. The Labute approximate surface area is 717 Å². The monoisotopic (exact) mass is 1590 g/mol. The zero-order valence-corrected chi connectivity index (χ0v) is 69.5. The van der Waals surface area contributed by atoms with E-state index >= 15 is 0 Å². The maximum atomic E-state index is 12.9. The molecule has 116 heavy (non-hydrogen) atoms. The number of nitrogens with one attached hydrogen (secondary N) is 1. The topological polar surface area (TPSA) is 214 Å². The molecule has 3 saturated carbocycles. The first-order valence-electron chi connectivity index (χ1n) is 39.9. The van der Waals surface area contributed by atoms with Crippen LogP contribution in [0.2, 0.25) is 0 Å². The number of carbonyl (C=O) groups excluding carboxylic acids is 2. The summed E-state index contributed by atoms with van der Waals surface area (Å²) < 4.78 is 23.1. The predicted molar refractivity (Wildman–Crippen MR) is 472 cm³/mol. The smallest absolute Gasteiger partial charge is 1.00 e. The van der Waals surface area contributed by atoms with Crippen LogP contribution in [0.3, 0.4) is 0 Å². The number of aromatic hydroxyl groups is 1. The second kappa shape index (κ2) is 52.9. The third-order valence-electron chi connectivity index (χ3n) is 20.6. The SMILES string of the molecule is C.CN(C)C(=O)C(c1ccc(OCc2ccccc2)cc1)C1(O)CCCCC1.CN(C)C(=O)Cc1ccc(OCc2ccccc2)cc1.CN(C)CC(c1ccc(O)cc1)C1(O)CCCCC1.CN(C)CC(c1ccc(OCc2ccccc2)cc1)C1(O)CCCCC1.CNC.O=C(O)Cc1ccc(OCc2ccccc2)cc1.[AlH3].[H-].[Li+]. The number of carboxylic acid groups (broad SMARTS) is 1. The molecule has 0 spiro atoms. The van der Waals surface area contributed by atoms with Gasteiger partial charge in [-0.25, -0.2) is 0 Å². The Hall–Kier alpha value is -8.72. The molecule has 622 valence electrons. The van der Waals surface area contributed by atoms with E-state index < -0.39 is 28.7 Å². The molecule has 12 rings (SSSR count). The molecule has 3 aliphatic rings. The van der Waals surface area contributed by atoms with Gasteiger partial charge in [0.15, 0.2) is 17.4 Å². The summed E-state index contributed by atoms with van der Waals surface area (Å²) in [7, 11) is 19.0. The summed E-state index contributed by atoms with van der Waals surface area (Å²) in [5.41, 5.74) is 7.31. The number of aliphatic carboxylic acids is 1. The first-order chi connectivity index (χ1) is 54.4. The van der Waals surface area contributed by atoms with Crippen LogP contribution in [0.1, 0.15) is 173 Å². The van der Waals surface area contributed by atoms with Crippen molar-refractivity contribution in [2.45, 2.75) is 178 Å². The van der Waals surface area contributed by atoms with Gasteiger partial charge in [-0.15, -0.1) is 0 Å². The minimum atomic E-state index is -0.966.